The number of aromatic nitrogens is 3. The first kappa shape index (κ1) is 15.3. The van der Waals surface area contributed by atoms with Crippen molar-refractivity contribution in [2.45, 2.75) is 31.0 Å². The highest BCUT2D eigenvalue weighted by Crippen LogP contribution is 2.49. The van der Waals surface area contributed by atoms with Gasteiger partial charge in [0.2, 0.25) is 0 Å². The van der Waals surface area contributed by atoms with E-state index in [9.17, 15) is 9.59 Å². The molecule has 8 nitrogen and oxygen atoms in total. The third-order valence-electron chi connectivity index (χ3n) is 4.60. The highest BCUT2D eigenvalue weighted by molar-refractivity contribution is 5.89. The number of ether oxygens (including phenoxy) is 1. The molecule has 0 spiro atoms. The van der Waals surface area contributed by atoms with Crippen molar-refractivity contribution in [2.24, 2.45) is 0 Å². The number of nitrogens with zero attached hydrogens (tertiary/aromatic N) is 5. The van der Waals surface area contributed by atoms with E-state index in [0.717, 1.165) is 24.1 Å². The zero-order chi connectivity index (χ0) is 17.4. The van der Waals surface area contributed by atoms with Gasteiger partial charge in [-0.05, 0) is 24.3 Å². The van der Waals surface area contributed by atoms with Crippen LogP contribution in [0.1, 0.15) is 28.9 Å². The average Bonchev–Trinajstić information content (AvgIpc) is 3.17. The summed E-state index contributed by atoms with van der Waals surface area (Å²) >= 11 is 0. The van der Waals surface area contributed by atoms with Gasteiger partial charge < -0.3 is 9.58 Å². The lowest BCUT2D eigenvalue weighted by atomic mass is 10.1. The van der Waals surface area contributed by atoms with Crippen molar-refractivity contribution < 1.29 is 14.3 Å². The summed E-state index contributed by atoms with van der Waals surface area (Å²) in [6.07, 6.45) is 3.13. The summed E-state index contributed by atoms with van der Waals surface area (Å²) in [7, 11) is 0. The molecule has 1 aliphatic carbocycles. The number of aldehydes is 1. The molecule has 0 N–H and O–H groups in total. The summed E-state index contributed by atoms with van der Waals surface area (Å²) in [6.45, 7) is 8.04. The number of rotatable bonds is 5. The summed E-state index contributed by atoms with van der Waals surface area (Å²) in [4.78, 5) is 28.1. The van der Waals surface area contributed by atoms with Crippen LogP contribution < -0.4 is 4.90 Å². The molecule has 126 valence electrons. The minimum absolute atomic E-state index is 0.241. The van der Waals surface area contributed by atoms with Crippen LogP contribution in [0.3, 0.4) is 0 Å². The quantitative estimate of drug-likeness (QED) is 0.616. The van der Waals surface area contributed by atoms with Crippen LogP contribution in [-0.4, -0.2) is 40.0 Å². The third-order valence-corrected chi connectivity index (χ3v) is 4.60. The van der Waals surface area contributed by atoms with Gasteiger partial charge in [0, 0.05) is 24.1 Å². The molecule has 1 aromatic carbocycles. The predicted molar refractivity (Wildman–Crippen MR) is 87.0 cm³/mol. The fraction of sp³-hybridized carbons (Fsp3) is 0.353. The van der Waals surface area contributed by atoms with Gasteiger partial charge in [-0.1, -0.05) is 5.21 Å². The SMILES string of the molecule is [C-]#[N+]C1(c2ccc(N3CC(Cn4cc(C=O)nn4)OC3=O)cc2)CC1. The molecule has 1 atom stereocenters. The maximum atomic E-state index is 12.1. The number of carbonyl (C=O) groups excluding carboxylic acids is 2. The van der Waals surface area contributed by atoms with Gasteiger partial charge in [-0.25, -0.2) is 16.0 Å². The zero-order valence-corrected chi connectivity index (χ0v) is 13.3. The standard InChI is InChI=1S/C17H15N5O3/c1-18-17(6-7-17)12-2-4-14(5-3-12)22-10-15(25-16(22)24)9-21-8-13(11-23)19-20-21/h2-5,8,11,15H,6-7,9-10H2. The fourth-order valence-electron chi connectivity index (χ4n) is 3.03. The first-order chi connectivity index (χ1) is 12.1. The van der Waals surface area contributed by atoms with Crippen LogP contribution >= 0.6 is 0 Å². The van der Waals surface area contributed by atoms with Crippen LogP contribution in [0.15, 0.2) is 30.5 Å². The molecule has 0 radical (unpaired) electrons. The van der Waals surface area contributed by atoms with E-state index in [-0.39, 0.29) is 17.3 Å². The Hall–Kier alpha value is -3.21. The Morgan fingerprint density at radius 3 is 2.72 bits per heavy atom. The van der Waals surface area contributed by atoms with Crippen molar-refractivity contribution in [2.75, 3.05) is 11.4 Å². The maximum absolute atomic E-state index is 12.1. The monoisotopic (exact) mass is 337 g/mol. The van der Waals surface area contributed by atoms with Crippen molar-refractivity contribution in [1.29, 1.82) is 0 Å². The van der Waals surface area contributed by atoms with E-state index in [4.69, 9.17) is 11.3 Å². The smallest absolute Gasteiger partial charge is 0.414 e. The molecular formula is C17H15N5O3. The molecule has 1 amide bonds. The van der Waals surface area contributed by atoms with Crippen LogP contribution in [0.25, 0.3) is 4.85 Å². The van der Waals surface area contributed by atoms with Crippen LogP contribution in [0, 0.1) is 6.57 Å². The summed E-state index contributed by atoms with van der Waals surface area (Å²) < 4.78 is 6.85. The highest BCUT2D eigenvalue weighted by atomic mass is 16.6. The topological polar surface area (TPSA) is 81.7 Å². The lowest BCUT2D eigenvalue weighted by Crippen LogP contribution is -2.26. The number of hydrogen-bond donors (Lipinski definition) is 0. The molecule has 0 bridgehead atoms. The molecule has 1 saturated heterocycles. The maximum Gasteiger partial charge on any atom is 0.414 e. The summed E-state index contributed by atoms with van der Waals surface area (Å²) in [5.41, 5.74) is 1.63. The first-order valence-corrected chi connectivity index (χ1v) is 7.96. The summed E-state index contributed by atoms with van der Waals surface area (Å²) in [6, 6.07) is 7.53. The highest BCUT2D eigenvalue weighted by Gasteiger charge is 2.52. The molecule has 2 heterocycles. The molecule has 1 saturated carbocycles. The number of anilines is 1. The van der Waals surface area contributed by atoms with E-state index in [2.05, 4.69) is 15.2 Å². The molecular weight excluding hydrogens is 322 g/mol. The third kappa shape index (κ3) is 2.74. The van der Waals surface area contributed by atoms with Gasteiger partial charge in [0.05, 0.1) is 19.3 Å². The number of amides is 1. The van der Waals surface area contributed by atoms with Crippen molar-refractivity contribution in [3.8, 4) is 0 Å². The van der Waals surface area contributed by atoms with E-state index < -0.39 is 6.09 Å². The lowest BCUT2D eigenvalue weighted by Gasteiger charge is -2.13. The Kier molecular flexibility index (Phi) is 3.50. The Balaban J connectivity index is 1.45. The van der Waals surface area contributed by atoms with Crippen molar-refractivity contribution in [1.82, 2.24) is 15.0 Å². The Bertz CT molecular complexity index is 863. The van der Waals surface area contributed by atoms with Crippen LogP contribution in [0.2, 0.25) is 0 Å². The van der Waals surface area contributed by atoms with Gasteiger partial charge in [-0.15, -0.1) is 5.10 Å². The number of benzene rings is 1. The summed E-state index contributed by atoms with van der Waals surface area (Å²) in [5.74, 6) is 0. The van der Waals surface area contributed by atoms with E-state index in [0.29, 0.717) is 19.4 Å². The van der Waals surface area contributed by atoms with Gasteiger partial charge in [-0.2, -0.15) is 0 Å². The average molecular weight is 337 g/mol. The van der Waals surface area contributed by atoms with E-state index in [1.807, 2.05) is 24.3 Å². The largest absolute Gasteiger partial charge is 0.442 e. The molecule has 2 aromatic rings. The van der Waals surface area contributed by atoms with Gasteiger partial charge in [0.15, 0.2) is 6.29 Å². The molecule has 1 aliphatic heterocycles. The van der Waals surface area contributed by atoms with Crippen LogP contribution in [0.4, 0.5) is 10.5 Å². The number of cyclic esters (lactones) is 1. The second kappa shape index (κ2) is 5.70. The van der Waals surface area contributed by atoms with E-state index in [1.54, 1.807) is 4.90 Å². The molecule has 25 heavy (non-hydrogen) atoms. The van der Waals surface area contributed by atoms with Crippen molar-refractivity contribution in [3.05, 3.63) is 53.1 Å². The van der Waals surface area contributed by atoms with Gasteiger partial charge >= 0.3 is 6.09 Å². The Morgan fingerprint density at radius 2 is 2.12 bits per heavy atom. The summed E-state index contributed by atoms with van der Waals surface area (Å²) in [5, 5.41) is 7.51. The first-order valence-electron chi connectivity index (χ1n) is 7.96. The second-order valence-corrected chi connectivity index (χ2v) is 6.29. The zero-order valence-electron chi connectivity index (χ0n) is 13.3. The van der Waals surface area contributed by atoms with Crippen molar-refractivity contribution in [3.63, 3.8) is 0 Å². The van der Waals surface area contributed by atoms with Gasteiger partial charge in [0.25, 0.3) is 5.54 Å². The molecule has 1 unspecified atom stereocenters. The molecule has 1 aromatic heterocycles. The molecule has 2 fully saturated rings. The molecule has 2 aliphatic rings. The lowest BCUT2D eigenvalue weighted by molar-refractivity contribution is 0.111. The van der Waals surface area contributed by atoms with Crippen LogP contribution in [0.5, 0.6) is 0 Å². The fourth-order valence-corrected chi connectivity index (χ4v) is 3.03. The molecule has 4 rings (SSSR count). The number of hydrogen-bond acceptors (Lipinski definition) is 5. The minimum Gasteiger partial charge on any atom is -0.442 e. The van der Waals surface area contributed by atoms with E-state index >= 15 is 0 Å². The predicted octanol–water partition coefficient (Wildman–Crippen LogP) is 2.02. The second-order valence-electron chi connectivity index (χ2n) is 6.29. The van der Waals surface area contributed by atoms with Crippen LogP contribution in [-0.2, 0) is 16.8 Å². The van der Waals surface area contributed by atoms with Gasteiger partial charge in [0.1, 0.15) is 11.8 Å². The van der Waals surface area contributed by atoms with Crippen molar-refractivity contribution >= 4 is 18.1 Å². The van der Waals surface area contributed by atoms with Gasteiger partial charge in [-0.3, -0.25) is 9.69 Å². The Labute approximate surface area is 143 Å². The molecule has 8 heteroatoms. The normalized spacial score (nSPS) is 20.8. The Morgan fingerprint density at radius 1 is 1.36 bits per heavy atom. The number of carbonyl (C=O) groups is 2. The van der Waals surface area contributed by atoms with E-state index in [1.165, 1.54) is 10.9 Å². The minimum atomic E-state index is -0.417.